The molecule has 0 radical (unpaired) electrons. The molecule has 2 heterocycles. The summed E-state index contributed by atoms with van der Waals surface area (Å²) in [6.45, 7) is 6.63. The number of nitrogens with zero attached hydrogens (tertiary/aromatic N) is 4. The highest BCUT2D eigenvalue weighted by molar-refractivity contribution is 5.78. The Morgan fingerprint density at radius 2 is 1.71 bits per heavy atom. The van der Waals surface area contributed by atoms with Crippen molar-refractivity contribution in [2.45, 2.75) is 13.8 Å². The van der Waals surface area contributed by atoms with Crippen molar-refractivity contribution in [2.24, 2.45) is 0 Å². The van der Waals surface area contributed by atoms with E-state index in [0.717, 1.165) is 17.1 Å². The van der Waals surface area contributed by atoms with Crippen molar-refractivity contribution in [1.29, 1.82) is 0 Å². The summed E-state index contributed by atoms with van der Waals surface area (Å²) in [6.07, 6.45) is 0. The Bertz CT molecular complexity index is 1050. The van der Waals surface area contributed by atoms with Crippen LogP contribution in [0.2, 0.25) is 0 Å². The van der Waals surface area contributed by atoms with Crippen LogP contribution in [0.3, 0.4) is 0 Å². The second-order valence-electron chi connectivity index (χ2n) is 7.71. The number of piperazine rings is 1. The molecule has 0 atom stereocenters. The Morgan fingerprint density at radius 3 is 2.35 bits per heavy atom. The topological polar surface area (TPSA) is 58.6 Å². The molecule has 4 rings (SSSR count). The lowest BCUT2D eigenvalue weighted by Crippen LogP contribution is -2.50. The number of carbonyl (C=O) groups excluding carboxylic acids is 1. The third kappa shape index (κ3) is 4.99. The van der Waals surface area contributed by atoms with Crippen LogP contribution in [0.4, 0.5) is 10.2 Å². The Balaban J connectivity index is 1.31. The van der Waals surface area contributed by atoms with Crippen LogP contribution < -0.4 is 9.64 Å². The van der Waals surface area contributed by atoms with E-state index in [-0.39, 0.29) is 18.3 Å². The molecule has 1 saturated heterocycles. The summed E-state index contributed by atoms with van der Waals surface area (Å²) in [7, 11) is 0. The van der Waals surface area contributed by atoms with Crippen LogP contribution in [0, 0.1) is 19.7 Å². The Labute approximate surface area is 181 Å². The van der Waals surface area contributed by atoms with Crippen LogP contribution >= 0.6 is 0 Å². The third-order valence-electron chi connectivity index (χ3n) is 5.44. The minimum absolute atomic E-state index is 0.0595. The van der Waals surface area contributed by atoms with Gasteiger partial charge in [0.2, 0.25) is 0 Å². The first-order chi connectivity index (χ1) is 15.0. The maximum Gasteiger partial charge on any atom is 0.260 e. The van der Waals surface area contributed by atoms with Crippen molar-refractivity contribution in [3.05, 3.63) is 71.5 Å². The molecule has 1 aromatic heterocycles. The van der Waals surface area contributed by atoms with Crippen molar-refractivity contribution < 1.29 is 13.9 Å². The normalized spacial score (nSPS) is 13.9. The first kappa shape index (κ1) is 20.8. The van der Waals surface area contributed by atoms with E-state index in [1.165, 1.54) is 35.4 Å². The molecule has 0 bridgehead atoms. The fraction of sp³-hybridized carbons (Fsp3) is 0.292. The van der Waals surface area contributed by atoms with Crippen molar-refractivity contribution in [3.8, 4) is 17.0 Å². The highest BCUT2D eigenvalue weighted by Crippen LogP contribution is 2.23. The molecule has 3 aromatic rings. The number of aryl methyl sites for hydroxylation is 2. The molecule has 0 N–H and O–H groups in total. The second-order valence-corrected chi connectivity index (χ2v) is 7.71. The van der Waals surface area contributed by atoms with E-state index in [1.54, 1.807) is 4.90 Å². The molecular weight excluding hydrogens is 395 g/mol. The highest BCUT2D eigenvalue weighted by Gasteiger charge is 2.22. The zero-order valence-corrected chi connectivity index (χ0v) is 17.7. The molecule has 2 aromatic carbocycles. The zero-order valence-electron chi connectivity index (χ0n) is 17.7. The molecule has 0 spiro atoms. The molecule has 0 saturated carbocycles. The number of ether oxygens (including phenoxy) is 1. The minimum atomic E-state index is -0.333. The summed E-state index contributed by atoms with van der Waals surface area (Å²) in [5.41, 5.74) is 4.34. The van der Waals surface area contributed by atoms with Gasteiger partial charge in [-0.25, -0.2) is 4.39 Å². The summed E-state index contributed by atoms with van der Waals surface area (Å²) in [5.74, 6) is 0.871. The first-order valence-corrected chi connectivity index (χ1v) is 10.3. The number of aromatic nitrogens is 2. The predicted octanol–water partition coefficient (Wildman–Crippen LogP) is 3.63. The van der Waals surface area contributed by atoms with Crippen LogP contribution in [0.5, 0.6) is 5.75 Å². The standard InChI is InChI=1S/C24H25FN4O2/c1-17-3-8-21(18(2)15-17)22-9-10-23(27-26-22)28-11-13-29(14-12-28)24(30)16-31-20-6-4-19(25)5-7-20/h3-10,15H,11-14,16H2,1-2H3. The van der Waals surface area contributed by atoms with Crippen LogP contribution in [0.15, 0.2) is 54.6 Å². The number of benzene rings is 2. The van der Waals surface area contributed by atoms with Crippen LogP contribution in [-0.2, 0) is 4.79 Å². The zero-order chi connectivity index (χ0) is 21.8. The Morgan fingerprint density at radius 1 is 0.968 bits per heavy atom. The maximum atomic E-state index is 12.9. The lowest BCUT2D eigenvalue weighted by atomic mass is 10.0. The van der Waals surface area contributed by atoms with Gasteiger partial charge in [-0.2, -0.15) is 0 Å². The summed E-state index contributed by atoms with van der Waals surface area (Å²) < 4.78 is 18.4. The number of hydrogen-bond acceptors (Lipinski definition) is 5. The van der Waals surface area contributed by atoms with Gasteiger partial charge in [0.25, 0.3) is 5.91 Å². The number of anilines is 1. The summed E-state index contributed by atoms with van der Waals surface area (Å²) in [6, 6.07) is 15.9. The molecule has 1 amide bonds. The van der Waals surface area contributed by atoms with E-state index in [0.29, 0.717) is 31.9 Å². The summed E-state index contributed by atoms with van der Waals surface area (Å²) in [4.78, 5) is 16.3. The van der Waals surface area contributed by atoms with E-state index < -0.39 is 0 Å². The second kappa shape index (κ2) is 9.12. The maximum absolute atomic E-state index is 12.9. The molecule has 1 fully saturated rings. The van der Waals surface area contributed by atoms with Gasteiger partial charge in [-0.15, -0.1) is 10.2 Å². The minimum Gasteiger partial charge on any atom is -0.484 e. The molecule has 1 aliphatic heterocycles. The van der Waals surface area contributed by atoms with Crippen molar-refractivity contribution in [3.63, 3.8) is 0 Å². The van der Waals surface area contributed by atoms with Crippen LogP contribution in [-0.4, -0.2) is 53.8 Å². The number of hydrogen-bond donors (Lipinski definition) is 0. The Hall–Kier alpha value is -3.48. The average molecular weight is 420 g/mol. The van der Waals surface area contributed by atoms with Crippen molar-refractivity contribution in [1.82, 2.24) is 15.1 Å². The smallest absolute Gasteiger partial charge is 0.260 e. The van der Waals surface area contributed by atoms with Gasteiger partial charge in [-0.3, -0.25) is 4.79 Å². The lowest BCUT2D eigenvalue weighted by molar-refractivity contribution is -0.133. The van der Waals surface area contributed by atoms with Crippen molar-refractivity contribution in [2.75, 3.05) is 37.7 Å². The Kier molecular flexibility index (Phi) is 6.11. The fourth-order valence-electron chi connectivity index (χ4n) is 3.69. The van der Waals surface area contributed by atoms with Crippen molar-refractivity contribution >= 4 is 11.7 Å². The van der Waals surface area contributed by atoms with Gasteiger partial charge in [0.1, 0.15) is 11.6 Å². The average Bonchev–Trinajstić information content (AvgIpc) is 2.79. The largest absolute Gasteiger partial charge is 0.484 e. The van der Waals surface area contributed by atoms with E-state index in [2.05, 4.69) is 47.1 Å². The van der Waals surface area contributed by atoms with Gasteiger partial charge in [0.05, 0.1) is 5.69 Å². The van der Waals surface area contributed by atoms with E-state index >= 15 is 0 Å². The predicted molar refractivity (Wildman–Crippen MR) is 118 cm³/mol. The van der Waals surface area contributed by atoms with Gasteiger partial charge >= 0.3 is 0 Å². The first-order valence-electron chi connectivity index (χ1n) is 10.3. The molecule has 160 valence electrons. The number of carbonyl (C=O) groups is 1. The number of halogens is 1. The van der Waals surface area contributed by atoms with Crippen LogP contribution in [0.1, 0.15) is 11.1 Å². The fourth-order valence-corrected chi connectivity index (χ4v) is 3.69. The molecule has 7 heteroatoms. The van der Waals surface area contributed by atoms with Gasteiger partial charge in [-0.05, 0) is 55.8 Å². The van der Waals surface area contributed by atoms with E-state index in [9.17, 15) is 9.18 Å². The van der Waals surface area contributed by atoms with Gasteiger partial charge < -0.3 is 14.5 Å². The molecule has 0 aliphatic carbocycles. The SMILES string of the molecule is Cc1ccc(-c2ccc(N3CCN(C(=O)COc4ccc(F)cc4)CC3)nn2)c(C)c1. The van der Waals surface area contributed by atoms with E-state index in [1.807, 2.05) is 12.1 Å². The van der Waals surface area contributed by atoms with Gasteiger partial charge in [-0.1, -0.05) is 23.8 Å². The number of amides is 1. The summed E-state index contributed by atoms with van der Waals surface area (Å²) >= 11 is 0. The highest BCUT2D eigenvalue weighted by atomic mass is 19.1. The molecule has 6 nitrogen and oxygen atoms in total. The van der Waals surface area contributed by atoms with Gasteiger partial charge in [0, 0.05) is 31.7 Å². The molecule has 31 heavy (non-hydrogen) atoms. The van der Waals surface area contributed by atoms with Gasteiger partial charge in [0.15, 0.2) is 12.4 Å². The molecule has 1 aliphatic rings. The lowest BCUT2D eigenvalue weighted by Gasteiger charge is -2.35. The monoisotopic (exact) mass is 420 g/mol. The summed E-state index contributed by atoms with van der Waals surface area (Å²) in [5, 5.41) is 8.83. The molecular formula is C24H25FN4O2. The number of rotatable bonds is 5. The van der Waals surface area contributed by atoms with Crippen LogP contribution in [0.25, 0.3) is 11.3 Å². The third-order valence-corrected chi connectivity index (χ3v) is 5.44. The van der Waals surface area contributed by atoms with E-state index in [4.69, 9.17) is 4.74 Å². The molecule has 0 unspecified atom stereocenters. The quantitative estimate of drug-likeness (QED) is 0.631.